The molecule has 0 aliphatic rings. The second-order valence-electron chi connectivity index (χ2n) is 4.11. The van der Waals surface area contributed by atoms with Crippen LogP contribution in [0.15, 0.2) is 36.5 Å². The minimum absolute atomic E-state index is 0.238. The highest BCUT2D eigenvalue weighted by Gasteiger charge is 2.05. The van der Waals surface area contributed by atoms with Crippen LogP contribution in [0.1, 0.15) is 16.8 Å². The number of rotatable bonds is 4. The van der Waals surface area contributed by atoms with Crippen LogP contribution in [-0.4, -0.2) is 12.1 Å². The number of pyridine rings is 1. The van der Waals surface area contributed by atoms with Crippen LogP contribution in [0.2, 0.25) is 0 Å². The molecule has 0 saturated carbocycles. The van der Waals surface area contributed by atoms with Crippen molar-refractivity contribution in [3.05, 3.63) is 59.2 Å². The number of halogens is 1. The van der Waals surface area contributed by atoms with Crippen LogP contribution >= 0.6 is 0 Å². The smallest absolute Gasteiger partial charge is 0.154 e. The Labute approximate surface area is 111 Å². The van der Waals surface area contributed by atoms with Crippen molar-refractivity contribution in [3.8, 4) is 11.8 Å². The molecule has 0 aliphatic heterocycles. The summed E-state index contributed by atoms with van der Waals surface area (Å²) in [7, 11) is 1.51. The number of methoxy groups -OCH3 is 1. The fourth-order valence-electron chi connectivity index (χ4n) is 1.80. The Bertz CT molecular complexity index is 603. The van der Waals surface area contributed by atoms with Gasteiger partial charge in [-0.1, -0.05) is 12.1 Å². The maximum atomic E-state index is 12.8. The second kappa shape index (κ2) is 5.96. The van der Waals surface area contributed by atoms with Gasteiger partial charge >= 0.3 is 0 Å². The zero-order valence-corrected chi connectivity index (χ0v) is 10.6. The van der Waals surface area contributed by atoms with E-state index >= 15 is 0 Å². The fraction of sp³-hybridized carbons (Fsp3) is 0.200. The fourth-order valence-corrected chi connectivity index (χ4v) is 1.80. The molecule has 0 aliphatic carbocycles. The van der Waals surface area contributed by atoms with Crippen molar-refractivity contribution in [2.45, 2.75) is 12.8 Å². The van der Waals surface area contributed by atoms with E-state index in [2.05, 4.69) is 11.1 Å². The van der Waals surface area contributed by atoms with Gasteiger partial charge in [-0.25, -0.2) is 4.39 Å². The minimum atomic E-state index is -0.238. The molecule has 0 amide bonds. The largest absolute Gasteiger partial charge is 0.494 e. The maximum absolute atomic E-state index is 12.8. The molecular weight excluding hydrogens is 243 g/mol. The molecule has 1 aromatic carbocycles. The van der Waals surface area contributed by atoms with E-state index in [4.69, 9.17) is 10.00 Å². The van der Waals surface area contributed by atoms with E-state index in [0.717, 1.165) is 17.7 Å². The lowest BCUT2D eigenvalue weighted by Crippen LogP contribution is -1.97. The third-order valence-corrected chi connectivity index (χ3v) is 2.85. The summed E-state index contributed by atoms with van der Waals surface area (Å²) in [5.41, 5.74) is 2.34. The van der Waals surface area contributed by atoms with Gasteiger partial charge in [-0.2, -0.15) is 5.26 Å². The topological polar surface area (TPSA) is 45.9 Å². The van der Waals surface area contributed by atoms with Gasteiger partial charge in [0.1, 0.15) is 11.9 Å². The van der Waals surface area contributed by atoms with E-state index in [1.165, 1.54) is 19.2 Å². The Morgan fingerprint density at radius 2 is 2.00 bits per heavy atom. The summed E-state index contributed by atoms with van der Waals surface area (Å²) >= 11 is 0. The van der Waals surface area contributed by atoms with Crippen LogP contribution in [0.25, 0.3) is 0 Å². The van der Waals surface area contributed by atoms with Gasteiger partial charge < -0.3 is 4.74 Å². The molecule has 0 N–H and O–H groups in total. The van der Waals surface area contributed by atoms with Crippen molar-refractivity contribution < 1.29 is 9.13 Å². The van der Waals surface area contributed by atoms with Crippen LogP contribution in [0.3, 0.4) is 0 Å². The van der Waals surface area contributed by atoms with Gasteiger partial charge in [0.05, 0.1) is 18.9 Å². The quantitative estimate of drug-likeness (QED) is 0.845. The van der Waals surface area contributed by atoms with Crippen molar-refractivity contribution in [1.82, 2.24) is 4.98 Å². The highest BCUT2D eigenvalue weighted by Crippen LogP contribution is 2.17. The summed E-state index contributed by atoms with van der Waals surface area (Å²) in [6.45, 7) is 0. The normalized spacial score (nSPS) is 9.95. The molecule has 96 valence electrons. The number of nitriles is 1. The molecule has 3 nitrogen and oxygen atoms in total. The van der Waals surface area contributed by atoms with Crippen LogP contribution in [0, 0.1) is 17.1 Å². The number of ether oxygens (including phenoxy) is 1. The Hall–Kier alpha value is -2.41. The van der Waals surface area contributed by atoms with Crippen molar-refractivity contribution >= 4 is 0 Å². The molecule has 0 bridgehead atoms. The number of aryl methyl sites for hydroxylation is 2. The van der Waals surface area contributed by atoms with Crippen molar-refractivity contribution in [2.75, 3.05) is 7.11 Å². The summed E-state index contributed by atoms with van der Waals surface area (Å²) in [5, 5.41) is 8.99. The molecule has 1 aromatic heterocycles. The molecule has 0 unspecified atom stereocenters. The second-order valence-corrected chi connectivity index (χ2v) is 4.11. The summed E-state index contributed by atoms with van der Waals surface area (Å²) < 4.78 is 17.8. The van der Waals surface area contributed by atoms with Gasteiger partial charge in [0.2, 0.25) is 0 Å². The molecule has 0 radical (unpaired) electrons. The zero-order chi connectivity index (χ0) is 13.7. The first-order valence-electron chi connectivity index (χ1n) is 5.90. The van der Waals surface area contributed by atoms with Gasteiger partial charge in [0, 0.05) is 5.69 Å². The Morgan fingerprint density at radius 3 is 2.63 bits per heavy atom. The van der Waals surface area contributed by atoms with Crippen LogP contribution in [0.4, 0.5) is 4.39 Å². The first kappa shape index (κ1) is 13.0. The summed E-state index contributed by atoms with van der Waals surface area (Å²) in [5.74, 6) is 0.242. The van der Waals surface area contributed by atoms with Crippen molar-refractivity contribution in [2.24, 2.45) is 0 Å². The highest BCUT2D eigenvalue weighted by molar-refractivity contribution is 5.42. The van der Waals surface area contributed by atoms with E-state index in [-0.39, 0.29) is 5.82 Å². The van der Waals surface area contributed by atoms with Crippen LogP contribution in [0.5, 0.6) is 5.75 Å². The van der Waals surface area contributed by atoms with E-state index in [1.54, 1.807) is 24.4 Å². The Balaban J connectivity index is 2.08. The summed E-state index contributed by atoms with van der Waals surface area (Å²) in [6.07, 6.45) is 3.01. The van der Waals surface area contributed by atoms with Gasteiger partial charge in [0.15, 0.2) is 5.75 Å². The standard InChI is InChI=1S/C15H13FN2O/c1-19-15-10-18-14(8-12(15)9-17)7-4-11-2-5-13(16)6-3-11/h2-3,5-6,8,10H,4,7H2,1H3. The first-order valence-corrected chi connectivity index (χ1v) is 5.90. The predicted molar refractivity (Wildman–Crippen MR) is 69.3 cm³/mol. The number of hydrogen-bond acceptors (Lipinski definition) is 3. The van der Waals surface area contributed by atoms with E-state index in [0.29, 0.717) is 17.7 Å². The third-order valence-electron chi connectivity index (χ3n) is 2.85. The van der Waals surface area contributed by atoms with Gasteiger partial charge in [-0.05, 0) is 36.6 Å². The average Bonchev–Trinajstić information content (AvgIpc) is 2.46. The number of hydrogen-bond donors (Lipinski definition) is 0. The lowest BCUT2D eigenvalue weighted by Gasteiger charge is -2.05. The molecule has 4 heteroatoms. The Kier molecular flexibility index (Phi) is 4.09. The maximum Gasteiger partial charge on any atom is 0.154 e. The lowest BCUT2D eigenvalue weighted by molar-refractivity contribution is 0.411. The van der Waals surface area contributed by atoms with E-state index in [1.807, 2.05) is 0 Å². The molecular formula is C15H13FN2O. The molecule has 2 rings (SSSR count). The van der Waals surface area contributed by atoms with Crippen LogP contribution < -0.4 is 4.74 Å². The molecule has 2 aromatic rings. The van der Waals surface area contributed by atoms with Crippen molar-refractivity contribution in [3.63, 3.8) is 0 Å². The first-order chi connectivity index (χ1) is 9.22. The zero-order valence-electron chi connectivity index (χ0n) is 10.6. The molecule has 0 saturated heterocycles. The van der Waals surface area contributed by atoms with Gasteiger partial charge in [-0.3, -0.25) is 4.98 Å². The number of aromatic nitrogens is 1. The Morgan fingerprint density at radius 1 is 1.26 bits per heavy atom. The monoisotopic (exact) mass is 256 g/mol. The minimum Gasteiger partial charge on any atom is -0.494 e. The molecule has 1 heterocycles. The molecule has 0 atom stereocenters. The van der Waals surface area contributed by atoms with Gasteiger partial charge in [0.25, 0.3) is 0 Å². The van der Waals surface area contributed by atoms with Gasteiger partial charge in [-0.15, -0.1) is 0 Å². The molecule has 0 fully saturated rings. The number of nitrogens with zero attached hydrogens (tertiary/aromatic N) is 2. The molecule has 19 heavy (non-hydrogen) atoms. The third kappa shape index (κ3) is 3.29. The van der Waals surface area contributed by atoms with Crippen LogP contribution in [-0.2, 0) is 12.8 Å². The predicted octanol–water partition coefficient (Wildman–Crippen LogP) is 2.89. The van der Waals surface area contributed by atoms with E-state index < -0.39 is 0 Å². The van der Waals surface area contributed by atoms with E-state index in [9.17, 15) is 4.39 Å². The highest BCUT2D eigenvalue weighted by atomic mass is 19.1. The summed E-state index contributed by atoms with van der Waals surface area (Å²) in [4.78, 5) is 4.24. The van der Waals surface area contributed by atoms with Crippen molar-refractivity contribution in [1.29, 1.82) is 5.26 Å². The summed E-state index contributed by atoms with van der Waals surface area (Å²) in [6, 6.07) is 10.2. The SMILES string of the molecule is COc1cnc(CCc2ccc(F)cc2)cc1C#N. The number of benzene rings is 1. The lowest BCUT2D eigenvalue weighted by atomic mass is 10.1. The average molecular weight is 256 g/mol. The molecule has 0 spiro atoms.